The fourth-order valence-electron chi connectivity index (χ4n) is 1.13. The average molecular weight is 212 g/mol. The van der Waals surface area contributed by atoms with Crippen molar-refractivity contribution in [2.24, 2.45) is 0 Å². The van der Waals surface area contributed by atoms with E-state index in [1.807, 2.05) is 6.92 Å². The molecule has 0 radical (unpaired) electrons. The van der Waals surface area contributed by atoms with Gasteiger partial charge in [0.05, 0.1) is 18.7 Å². The zero-order chi connectivity index (χ0) is 11.7. The number of carbonyl (C=O) groups is 1. The summed E-state index contributed by atoms with van der Waals surface area (Å²) in [4.78, 5) is 11.3. The number of amides is 1. The van der Waals surface area contributed by atoms with Crippen LogP contribution in [0.3, 0.4) is 0 Å². The van der Waals surface area contributed by atoms with Crippen molar-refractivity contribution in [3.8, 4) is 12.3 Å². The summed E-state index contributed by atoms with van der Waals surface area (Å²) in [5.41, 5.74) is 0. The molecule has 0 saturated carbocycles. The second-order valence-corrected chi connectivity index (χ2v) is 3.49. The third-order valence-electron chi connectivity index (χ3n) is 2.04. The first-order valence-electron chi connectivity index (χ1n) is 5.24. The molecule has 1 amide bonds. The number of terminal acetylenes is 1. The summed E-state index contributed by atoms with van der Waals surface area (Å²) in [5, 5.41) is 14.9. The summed E-state index contributed by atoms with van der Waals surface area (Å²) < 4.78 is 0. The van der Waals surface area contributed by atoms with E-state index >= 15 is 0 Å². The molecule has 0 aromatic heterocycles. The van der Waals surface area contributed by atoms with Gasteiger partial charge in [-0.1, -0.05) is 19.3 Å². The van der Waals surface area contributed by atoms with Crippen LogP contribution < -0.4 is 10.6 Å². The number of aliphatic hydroxyl groups excluding tert-OH is 1. The molecule has 0 fully saturated rings. The molecule has 3 N–H and O–H groups in total. The Kier molecular flexibility index (Phi) is 7.69. The molecule has 86 valence electrons. The molecular weight excluding hydrogens is 192 g/mol. The van der Waals surface area contributed by atoms with Crippen LogP contribution in [0.2, 0.25) is 0 Å². The molecule has 0 saturated heterocycles. The van der Waals surface area contributed by atoms with Crippen molar-refractivity contribution in [3.63, 3.8) is 0 Å². The van der Waals surface area contributed by atoms with Crippen molar-refractivity contribution in [3.05, 3.63) is 0 Å². The molecule has 0 bridgehead atoms. The van der Waals surface area contributed by atoms with Crippen LogP contribution in [0.25, 0.3) is 0 Å². The first-order valence-corrected chi connectivity index (χ1v) is 5.24. The van der Waals surface area contributed by atoms with Gasteiger partial charge in [0.1, 0.15) is 0 Å². The maximum absolute atomic E-state index is 11.3. The monoisotopic (exact) mass is 212 g/mol. The van der Waals surface area contributed by atoms with Crippen molar-refractivity contribution in [2.45, 2.75) is 38.8 Å². The van der Waals surface area contributed by atoms with Gasteiger partial charge in [0.15, 0.2) is 0 Å². The van der Waals surface area contributed by atoms with Gasteiger partial charge in [-0.15, -0.1) is 6.42 Å². The Bertz CT molecular complexity index is 223. The summed E-state index contributed by atoms with van der Waals surface area (Å²) >= 11 is 0. The van der Waals surface area contributed by atoms with E-state index in [9.17, 15) is 9.90 Å². The smallest absolute Gasteiger partial charge is 0.237 e. The third-order valence-corrected chi connectivity index (χ3v) is 2.04. The van der Waals surface area contributed by atoms with Gasteiger partial charge in [0.2, 0.25) is 5.91 Å². The fraction of sp³-hybridized carbons (Fsp3) is 0.727. The summed E-state index contributed by atoms with van der Waals surface area (Å²) in [6.07, 6.45) is 6.30. The molecule has 0 aliphatic carbocycles. The second-order valence-electron chi connectivity index (χ2n) is 3.49. The Morgan fingerprint density at radius 1 is 1.60 bits per heavy atom. The Balaban J connectivity index is 3.68. The topological polar surface area (TPSA) is 61.4 Å². The van der Waals surface area contributed by atoms with Crippen LogP contribution in [-0.4, -0.2) is 36.2 Å². The van der Waals surface area contributed by atoms with Gasteiger partial charge >= 0.3 is 0 Å². The molecule has 4 heteroatoms. The minimum absolute atomic E-state index is 0.142. The van der Waals surface area contributed by atoms with E-state index in [0.29, 0.717) is 6.54 Å². The minimum atomic E-state index is -0.391. The normalized spacial score (nSPS) is 14.0. The van der Waals surface area contributed by atoms with Crippen molar-refractivity contribution in [1.29, 1.82) is 0 Å². The van der Waals surface area contributed by atoms with Crippen LogP contribution >= 0.6 is 0 Å². The summed E-state index contributed by atoms with van der Waals surface area (Å²) in [6, 6.07) is -0.329. The maximum Gasteiger partial charge on any atom is 0.237 e. The molecule has 2 unspecified atom stereocenters. The highest BCUT2D eigenvalue weighted by atomic mass is 16.3. The Morgan fingerprint density at radius 3 is 2.80 bits per heavy atom. The first kappa shape index (κ1) is 13.9. The summed E-state index contributed by atoms with van der Waals surface area (Å²) in [6.45, 7) is 4.41. The van der Waals surface area contributed by atoms with Crippen LogP contribution in [0.1, 0.15) is 26.7 Å². The predicted octanol–water partition coefficient (Wildman–Crippen LogP) is -0.125. The maximum atomic E-state index is 11.3. The van der Waals surface area contributed by atoms with Crippen LogP contribution in [-0.2, 0) is 4.79 Å². The number of carbonyl (C=O) groups excluding carboxylic acids is 1. The largest absolute Gasteiger partial charge is 0.392 e. The molecule has 0 spiro atoms. The molecule has 0 aromatic carbocycles. The lowest BCUT2D eigenvalue weighted by Gasteiger charge is -2.15. The third kappa shape index (κ3) is 6.95. The van der Waals surface area contributed by atoms with Gasteiger partial charge in [0.25, 0.3) is 0 Å². The van der Waals surface area contributed by atoms with Crippen molar-refractivity contribution < 1.29 is 9.90 Å². The van der Waals surface area contributed by atoms with Crippen LogP contribution in [0.4, 0.5) is 0 Å². The Labute approximate surface area is 91.4 Å². The van der Waals surface area contributed by atoms with Gasteiger partial charge < -0.3 is 15.7 Å². The Hall–Kier alpha value is -1.05. The molecule has 0 heterocycles. The SMILES string of the molecule is C#CCNC(=O)C(C)NCC(O)CCC. The highest BCUT2D eigenvalue weighted by Crippen LogP contribution is 1.94. The highest BCUT2D eigenvalue weighted by Gasteiger charge is 2.12. The van der Waals surface area contributed by atoms with Gasteiger partial charge in [0, 0.05) is 6.54 Å². The lowest BCUT2D eigenvalue weighted by atomic mass is 10.2. The molecule has 0 aromatic rings. The second kappa shape index (κ2) is 8.27. The van der Waals surface area contributed by atoms with Crippen LogP contribution in [0.5, 0.6) is 0 Å². The molecule has 15 heavy (non-hydrogen) atoms. The fourth-order valence-corrected chi connectivity index (χ4v) is 1.13. The number of nitrogens with one attached hydrogen (secondary N) is 2. The molecule has 0 rings (SSSR count). The summed E-state index contributed by atoms with van der Waals surface area (Å²) in [7, 11) is 0. The zero-order valence-corrected chi connectivity index (χ0v) is 9.42. The van der Waals surface area contributed by atoms with E-state index in [4.69, 9.17) is 6.42 Å². The number of aliphatic hydroxyl groups is 1. The molecule has 0 aliphatic rings. The predicted molar refractivity (Wildman–Crippen MR) is 60.2 cm³/mol. The molecule has 2 atom stereocenters. The Morgan fingerprint density at radius 2 is 2.27 bits per heavy atom. The molecule has 4 nitrogen and oxygen atoms in total. The average Bonchev–Trinajstić information content (AvgIpc) is 2.22. The van der Waals surface area contributed by atoms with Crippen LogP contribution in [0, 0.1) is 12.3 Å². The highest BCUT2D eigenvalue weighted by molar-refractivity contribution is 5.81. The van der Waals surface area contributed by atoms with Crippen LogP contribution in [0.15, 0.2) is 0 Å². The summed E-state index contributed by atoms with van der Waals surface area (Å²) in [5.74, 6) is 2.19. The minimum Gasteiger partial charge on any atom is -0.392 e. The number of rotatable bonds is 7. The van der Waals surface area contributed by atoms with E-state index in [1.165, 1.54) is 0 Å². The lowest BCUT2D eigenvalue weighted by Crippen LogP contribution is -2.44. The van der Waals surface area contributed by atoms with E-state index in [0.717, 1.165) is 12.8 Å². The molecular formula is C11H20N2O2. The van der Waals surface area contributed by atoms with E-state index < -0.39 is 6.10 Å². The van der Waals surface area contributed by atoms with E-state index in [-0.39, 0.29) is 18.5 Å². The van der Waals surface area contributed by atoms with Gasteiger partial charge in [-0.05, 0) is 13.3 Å². The van der Waals surface area contributed by atoms with Gasteiger partial charge in [-0.3, -0.25) is 4.79 Å². The van der Waals surface area contributed by atoms with E-state index in [1.54, 1.807) is 6.92 Å². The van der Waals surface area contributed by atoms with Gasteiger partial charge in [-0.25, -0.2) is 0 Å². The van der Waals surface area contributed by atoms with E-state index in [2.05, 4.69) is 16.6 Å². The lowest BCUT2D eigenvalue weighted by molar-refractivity contribution is -0.122. The van der Waals surface area contributed by atoms with Crippen molar-refractivity contribution in [2.75, 3.05) is 13.1 Å². The molecule has 0 aliphatic heterocycles. The zero-order valence-electron chi connectivity index (χ0n) is 9.42. The van der Waals surface area contributed by atoms with Crippen molar-refractivity contribution >= 4 is 5.91 Å². The quantitative estimate of drug-likeness (QED) is 0.515. The number of hydrogen-bond acceptors (Lipinski definition) is 3. The number of hydrogen-bond donors (Lipinski definition) is 3. The van der Waals surface area contributed by atoms with Crippen molar-refractivity contribution in [1.82, 2.24) is 10.6 Å². The van der Waals surface area contributed by atoms with Gasteiger partial charge in [-0.2, -0.15) is 0 Å². The standard InChI is InChI=1S/C11H20N2O2/c1-4-6-10(14)8-13-9(3)11(15)12-7-5-2/h2,9-10,13-14H,4,6-8H2,1,3H3,(H,12,15). The first-order chi connectivity index (χ1) is 7.11.